The topological polar surface area (TPSA) is 81.5 Å². The van der Waals surface area contributed by atoms with Crippen molar-refractivity contribution in [2.24, 2.45) is 0 Å². The first-order valence-corrected chi connectivity index (χ1v) is 7.51. The highest BCUT2D eigenvalue weighted by atomic mass is 35.5. The Bertz CT molecular complexity index is 877. The number of hydrogen-bond donors (Lipinski definition) is 1. The van der Waals surface area contributed by atoms with Crippen LogP contribution in [0.4, 0.5) is 11.4 Å². The van der Waals surface area contributed by atoms with E-state index < -0.39 is 10.8 Å². The Kier molecular flexibility index (Phi) is 4.22. The molecular weight excluding hydrogens is 332 g/mol. The monoisotopic (exact) mass is 344 g/mol. The highest BCUT2D eigenvalue weighted by molar-refractivity contribution is 6.30. The quantitative estimate of drug-likeness (QED) is 0.674. The highest BCUT2D eigenvalue weighted by Crippen LogP contribution is 2.30. The molecule has 7 heteroatoms. The minimum Gasteiger partial charge on any atom is -0.488 e. The number of carbonyl (C=O) groups excluding carboxylic acids is 1. The lowest BCUT2D eigenvalue weighted by atomic mass is 10.1. The fourth-order valence-electron chi connectivity index (χ4n) is 2.38. The molecular formula is C17H13ClN2O4. The molecule has 6 nitrogen and oxygen atoms in total. The molecule has 1 heterocycles. The van der Waals surface area contributed by atoms with Crippen LogP contribution in [0.3, 0.4) is 0 Å². The lowest BCUT2D eigenvalue weighted by molar-refractivity contribution is -0.384. The molecule has 1 aliphatic rings. The summed E-state index contributed by atoms with van der Waals surface area (Å²) in [7, 11) is 0. The molecule has 0 saturated carbocycles. The van der Waals surface area contributed by atoms with Crippen LogP contribution in [0, 0.1) is 17.0 Å². The second kappa shape index (κ2) is 6.33. The van der Waals surface area contributed by atoms with Gasteiger partial charge in [0, 0.05) is 16.7 Å². The van der Waals surface area contributed by atoms with Crippen molar-refractivity contribution >= 4 is 35.0 Å². The molecule has 0 saturated heterocycles. The zero-order valence-corrected chi connectivity index (χ0v) is 13.5. The first kappa shape index (κ1) is 16.0. The third kappa shape index (κ3) is 3.23. The average Bonchev–Trinajstić information content (AvgIpc) is 2.55. The molecule has 122 valence electrons. The van der Waals surface area contributed by atoms with Crippen LogP contribution < -0.4 is 10.1 Å². The molecule has 0 unspecified atom stereocenters. The molecule has 0 aliphatic carbocycles. The zero-order chi connectivity index (χ0) is 17.3. The number of aryl methyl sites for hydroxylation is 1. The Morgan fingerprint density at radius 1 is 1.29 bits per heavy atom. The molecule has 2 aromatic carbocycles. The van der Waals surface area contributed by atoms with E-state index in [9.17, 15) is 14.9 Å². The van der Waals surface area contributed by atoms with Crippen LogP contribution >= 0.6 is 11.6 Å². The molecule has 0 spiro atoms. The summed E-state index contributed by atoms with van der Waals surface area (Å²) in [5.74, 6) is 0.185. The lowest BCUT2D eigenvalue weighted by Crippen LogP contribution is -2.21. The molecule has 1 amide bonds. The van der Waals surface area contributed by atoms with Crippen molar-refractivity contribution in [3.63, 3.8) is 0 Å². The number of carbonyl (C=O) groups is 1. The third-order valence-corrected chi connectivity index (χ3v) is 3.81. The van der Waals surface area contributed by atoms with Gasteiger partial charge in [-0.05, 0) is 42.8 Å². The summed E-state index contributed by atoms with van der Waals surface area (Å²) in [4.78, 5) is 23.0. The maximum absolute atomic E-state index is 12.4. The van der Waals surface area contributed by atoms with Crippen molar-refractivity contribution < 1.29 is 14.5 Å². The van der Waals surface area contributed by atoms with E-state index in [-0.39, 0.29) is 18.0 Å². The van der Waals surface area contributed by atoms with Crippen LogP contribution in [0.2, 0.25) is 5.02 Å². The van der Waals surface area contributed by atoms with Crippen LogP contribution in [0.15, 0.2) is 42.0 Å². The predicted molar refractivity (Wildman–Crippen MR) is 91.4 cm³/mol. The van der Waals surface area contributed by atoms with Crippen LogP contribution in [0.25, 0.3) is 6.08 Å². The summed E-state index contributed by atoms with van der Waals surface area (Å²) in [6.45, 7) is 1.83. The largest absolute Gasteiger partial charge is 0.488 e. The summed E-state index contributed by atoms with van der Waals surface area (Å²) in [5, 5.41) is 14.2. The van der Waals surface area contributed by atoms with Crippen LogP contribution in [-0.2, 0) is 4.79 Å². The van der Waals surface area contributed by atoms with Gasteiger partial charge in [0.15, 0.2) is 0 Å². The normalized spacial score (nSPS) is 12.7. The van der Waals surface area contributed by atoms with Crippen molar-refractivity contribution in [3.8, 4) is 5.75 Å². The predicted octanol–water partition coefficient (Wildman–Crippen LogP) is 3.97. The fourth-order valence-corrected chi connectivity index (χ4v) is 2.56. The van der Waals surface area contributed by atoms with Crippen molar-refractivity contribution in [1.82, 2.24) is 0 Å². The van der Waals surface area contributed by atoms with Gasteiger partial charge in [0.05, 0.1) is 10.5 Å². The number of nitrogens with one attached hydrogen (secondary N) is 1. The summed E-state index contributed by atoms with van der Waals surface area (Å²) >= 11 is 5.94. The number of fused-ring (bicyclic) bond motifs is 1. The second-order valence-corrected chi connectivity index (χ2v) is 5.81. The number of nitro groups is 1. The Hall–Kier alpha value is -2.86. The number of amides is 1. The van der Waals surface area contributed by atoms with Crippen LogP contribution in [0.5, 0.6) is 5.75 Å². The molecule has 0 bridgehead atoms. The van der Waals surface area contributed by atoms with Crippen LogP contribution in [0.1, 0.15) is 11.1 Å². The van der Waals surface area contributed by atoms with E-state index in [1.807, 2.05) is 0 Å². The smallest absolute Gasteiger partial charge is 0.293 e. The number of nitrogens with zero attached hydrogens (tertiary/aromatic N) is 1. The summed E-state index contributed by atoms with van der Waals surface area (Å²) in [5.41, 5.74) is 1.79. The Morgan fingerprint density at radius 3 is 2.83 bits per heavy atom. The summed E-state index contributed by atoms with van der Waals surface area (Å²) < 4.78 is 5.53. The van der Waals surface area contributed by atoms with Crippen molar-refractivity contribution in [2.45, 2.75) is 6.92 Å². The van der Waals surface area contributed by atoms with Gasteiger partial charge in [-0.1, -0.05) is 17.7 Å². The van der Waals surface area contributed by atoms with E-state index >= 15 is 0 Å². The van der Waals surface area contributed by atoms with Gasteiger partial charge >= 0.3 is 0 Å². The van der Waals surface area contributed by atoms with E-state index in [4.69, 9.17) is 16.3 Å². The first-order valence-electron chi connectivity index (χ1n) is 7.13. The molecule has 0 fully saturated rings. The van der Waals surface area contributed by atoms with Gasteiger partial charge in [-0.2, -0.15) is 0 Å². The molecule has 0 atom stereocenters. The Balaban J connectivity index is 1.88. The summed E-state index contributed by atoms with van der Waals surface area (Å²) in [6.07, 6.45) is 1.67. The summed E-state index contributed by atoms with van der Waals surface area (Å²) in [6, 6.07) is 9.75. The number of anilines is 1. The minimum atomic E-state index is -0.524. The van der Waals surface area contributed by atoms with Crippen molar-refractivity contribution in [3.05, 3.63) is 68.2 Å². The average molecular weight is 345 g/mol. The Morgan fingerprint density at radius 2 is 2.08 bits per heavy atom. The number of nitro benzene ring substituents is 1. The first-order chi connectivity index (χ1) is 11.4. The third-order valence-electron chi connectivity index (χ3n) is 3.57. The second-order valence-electron chi connectivity index (χ2n) is 5.37. The molecule has 3 rings (SSSR count). The molecule has 2 aromatic rings. The number of halogens is 1. The highest BCUT2D eigenvalue weighted by Gasteiger charge is 2.21. The number of benzene rings is 2. The van der Waals surface area contributed by atoms with Gasteiger partial charge in [0.1, 0.15) is 18.0 Å². The molecule has 1 N–H and O–H groups in total. The van der Waals surface area contributed by atoms with Gasteiger partial charge < -0.3 is 10.1 Å². The van der Waals surface area contributed by atoms with Gasteiger partial charge in [-0.3, -0.25) is 14.9 Å². The van der Waals surface area contributed by atoms with Crippen LogP contribution in [-0.4, -0.2) is 17.4 Å². The SMILES string of the molecule is Cc1ccc(NC(=O)C2=Cc3cc(Cl)ccc3OC2)c([N+](=O)[O-])c1. The fraction of sp³-hybridized carbons (Fsp3) is 0.118. The van der Waals surface area contributed by atoms with Crippen molar-refractivity contribution in [2.75, 3.05) is 11.9 Å². The standard InChI is InChI=1S/C17H13ClN2O4/c1-10-2-4-14(15(6-10)20(22)23)19-17(21)12-7-11-8-13(18)3-5-16(11)24-9-12/h2-8H,9H2,1H3,(H,19,21). The van der Waals surface area contributed by atoms with E-state index in [2.05, 4.69) is 5.32 Å². The Labute approximate surface area is 142 Å². The van der Waals surface area contributed by atoms with E-state index in [0.29, 0.717) is 21.9 Å². The maximum atomic E-state index is 12.4. The zero-order valence-electron chi connectivity index (χ0n) is 12.7. The molecule has 1 aliphatic heterocycles. The van der Waals surface area contributed by atoms with E-state index in [1.54, 1.807) is 37.3 Å². The maximum Gasteiger partial charge on any atom is 0.293 e. The number of hydrogen-bond acceptors (Lipinski definition) is 4. The van der Waals surface area contributed by atoms with Gasteiger partial charge in [-0.25, -0.2) is 0 Å². The van der Waals surface area contributed by atoms with Gasteiger partial charge in [-0.15, -0.1) is 0 Å². The van der Waals surface area contributed by atoms with E-state index in [1.165, 1.54) is 12.1 Å². The molecule has 24 heavy (non-hydrogen) atoms. The molecule has 0 radical (unpaired) electrons. The lowest BCUT2D eigenvalue weighted by Gasteiger charge is -2.18. The minimum absolute atomic E-state index is 0.0835. The van der Waals surface area contributed by atoms with Crippen molar-refractivity contribution in [1.29, 1.82) is 0 Å². The number of rotatable bonds is 3. The van der Waals surface area contributed by atoms with Gasteiger partial charge in [0.2, 0.25) is 0 Å². The van der Waals surface area contributed by atoms with E-state index in [0.717, 1.165) is 5.56 Å². The van der Waals surface area contributed by atoms with Gasteiger partial charge in [0.25, 0.3) is 11.6 Å². The number of ether oxygens (including phenoxy) is 1. The molecule has 0 aromatic heterocycles.